The van der Waals surface area contributed by atoms with Gasteiger partial charge in [0.05, 0.1) is 11.6 Å². The Kier molecular flexibility index (Phi) is 3.26. The van der Waals surface area contributed by atoms with Gasteiger partial charge in [0.2, 0.25) is 11.8 Å². The molecule has 1 spiro atoms. The average molecular weight is 292 g/mol. The molecule has 8 nitrogen and oxygen atoms in total. The first-order valence-corrected chi connectivity index (χ1v) is 6.73. The van der Waals surface area contributed by atoms with Crippen LogP contribution in [0.2, 0.25) is 0 Å². The van der Waals surface area contributed by atoms with Crippen LogP contribution in [0, 0.1) is 5.41 Å². The zero-order valence-corrected chi connectivity index (χ0v) is 11.3. The lowest BCUT2D eigenvalue weighted by Gasteiger charge is -2.37. The van der Waals surface area contributed by atoms with Gasteiger partial charge in [0.15, 0.2) is 0 Å². The van der Waals surface area contributed by atoms with Crippen LogP contribution in [0.5, 0.6) is 0 Å². The topological polar surface area (TPSA) is 106 Å². The van der Waals surface area contributed by atoms with Crippen molar-refractivity contribution in [1.29, 1.82) is 0 Å². The van der Waals surface area contributed by atoms with Gasteiger partial charge >= 0.3 is 0 Å². The first-order valence-electron chi connectivity index (χ1n) is 6.73. The number of nitrogens with one attached hydrogen (secondary N) is 1. The zero-order chi connectivity index (χ0) is 15.0. The molecule has 8 heteroatoms. The molecule has 3 rings (SSSR count). The Bertz CT molecular complexity index is 564. The number of hydrogen-bond donors (Lipinski definition) is 3. The molecule has 2 fully saturated rings. The zero-order valence-electron chi connectivity index (χ0n) is 11.3. The molecule has 3 N–H and O–H groups in total. The molecule has 0 aromatic carbocycles. The number of rotatable bonds is 2. The van der Waals surface area contributed by atoms with Gasteiger partial charge in [-0.3, -0.25) is 25.3 Å². The maximum atomic E-state index is 11.9. The Hall–Kier alpha value is -2.19. The number of carbonyl (C=O) groups is 2. The fourth-order valence-corrected chi connectivity index (χ4v) is 2.94. The molecule has 0 saturated carbocycles. The predicted molar refractivity (Wildman–Crippen MR) is 71.9 cm³/mol. The summed E-state index contributed by atoms with van der Waals surface area (Å²) in [5.74, 6) is 0.355. The van der Waals surface area contributed by atoms with Crippen LogP contribution in [0.15, 0.2) is 18.3 Å². The summed E-state index contributed by atoms with van der Waals surface area (Å²) >= 11 is 0. The number of hydrogen-bond acceptors (Lipinski definition) is 7. The molecular formula is C13H16N4O4. The summed E-state index contributed by atoms with van der Waals surface area (Å²) in [5.41, 5.74) is -0.381. The fraction of sp³-hybridized carbons (Fsp3) is 0.462. The third-order valence-corrected chi connectivity index (χ3v) is 4.24. The number of carbonyl (C=O) groups excluding carboxylic acids is 2. The van der Waals surface area contributed by atoms with E-state index in [0.29, 0.717) is 31.7 Å². The van der Waals surface area contributed by atoms with E-state index >= 15 is 0 Å². The van der Waals surface area contributed by atoms with Gasteiger partial charge in [-0.05, 0) is 25.0 Å². The number of piperidine rings is 1. The highest BCUT2D eigenvalue weighted by molar-refractivity contribution is 6.06. The Morgan fingerprint density at radius 2 is 1.95 bits per heavy atom. The summed E-state index contributed by atoms with van der Waals surface area (Å²) in [5, 5.41) is 20.1. The van der Waals surface area contributed by atoms with Crippen LogP contribution in [0.1, 0.15) is 19.3 Å². The number of nitrogens with zero attached hydrogens (tertiary/aromatic N) is 3. The summed E-state index contributed by atoms with van der Waals surface area (Å²) in [6.07, 6.45) is 2.85. The molecule has 112 valence electrons. The van der Waals surface area contributed by atoms with Crippen LogP contribution < -0.4 is 15.4 Å². The molecule has 1 aromatic rings. The summed E-state index contributed by atoms with van der Waals surface area (Å²) in [6.45, 7) is 1.27. The molecule has 0 aliphatic carbocycles. The molecule has 2 saturated heterocycles. The standard InChI is InChI=1S/C13H16N4O4/c18-11-7-13(12(19)15-11)3-5-16(6-4-13)10-2-1-9(8-14-10)17(20)21/h1-2,8,20-21H,3-7H2,(H,15,18,19). The van der Waals surface area contributed by atoms with E-state index in [2.05, 4.69) is 10.3 Å². The minimum atomic E-state index is -0.555. The SMILES string of the molecule is O=C1CC2(CCN(c3ccc(N(O)O)cn3)CC2)C(=O)N1. The second-order valence-electron chi connectivity index (χ2n) is 5.49. The number of aromatic nitrogens is 1. The van der Waals surface area contributed by atoms with Gasteiger partial charge in [-0.2, -0.15) is 0 Å². The van der Waals surface area contributed by atoms with Crippen molar-refractivity contribution in [3.05, 3.63) is 18.3 Å². The van der Waals surface area contributed by atoms with Gasteiger partial charge < -0.3 is 4.90 Å². The fourth-order valence-electron chi connectivity index (χ4n) is 2.94. The molecule has 0 radical (unpaired) electrons. The highest BCUT2D eigenvalue weighted by Gasteiger charge is 2.48. The largest absolute Gasteiger partial charge is 0.357 e. The van der Waals surface area contributed by atoms with Crippen LogP contribution in [0.3, 0.4) is 0 Å². The Labute approximate surface area is 120 Å². The van der Waals surface area contributed by atoms with Crippen molar-refractivity contribution >= 4 is 23.3 Å². The van der Waals surface area contributed by atoms with Gasteiger partial charge in [0.25, 0.3) is 0 Å². The maximum absolute atomic E-state index is 11.9. The van der Waals surface area contributed by atoms with E-state index in [0.717, 1.165) is 0 Å². The smallest absolute Gasteiger partial charge is 0.233 e. The molecule has 1 aromatic heterocycles. The third-order valence-electron chi connectivity index (χ3n) is 4.24. The molecule has 0 atom stereocenters. The second kappa shape index (κ2) is 4.97. The maximum Gasteiger partial charge on any atom is 0.233 e. The monoisotopic (exact) mass is 292 g/mol. The molecule has 21 heavy (non-hydrogen) atoms. The van der Waals surface area contributed by atoms with Gasteiger partial charge in [-0.1, -0.05) is 0 Å². The molecule has 2 amide bonds. The van der Waals surface area contributed by atoms with Crippen molar-refractivity contribution in [3.8, 4) is 0 Å². The van der Waals surface area contributed by atoms with Crippen molar-refractivity contribution < 1.29 is 20.0 Å². The molecule has 2 aliphatic rings. The second-order valence-corrected chi connectivity index (χ2v) is 5.49. The molecular weight excluding hydrogens is 276 g/mol. The summed E-state index contributed by atoms with van der Waals surface area (Å²) in [6, 6.07) is 3.23. The highest BCUT2D eigenvalue weighted by Crippen LogP contribution is 2.39. The molecule has 0 bridgehead atoms. The van der Waals surface area contributed by atoms with Crippen LogP contribution in [-0.2, 0) is 9.59 Å². The Balaban J connectivity index is 1.68. The Morgan fingerprint density at radius 1 is 1.24 bits per heavy atom. The van der Waals surface area contributed by atoms with E-state index in [1.54, 1.807) is 12.1 Å². The minimum Gasteiger partial charge on any atom is -0.357 e. The average Bonchev–Trinajstić information content (AvgIpc) is 2.74. The predicted octanol–water partition coefficient (Wildman–Crippen LogP) is 0.299. The van der Waals surface area contributed by atoms with E-state index in [1.807, 2.05) is 4.90 Å². The van der Waals surface area contributed by atoms with Crippen molar-refractivity contribution in [2.75, 3.05) is 23.2 Å². The van der Waals surface area contributed by atoms with E-state index in [4.69, 9.17) is 10.4 Å². The van der Waals surface area contributed by atoms with Gasteiger partial charge in [-0.25, -0.2) is 4.98 Å². The summed E-state index contributed by atoms with van der Waals surface area (Å²) in [4.78, 5) is 29.5. The first-order chi connectivity index (χ1) is 10.00. The first kappa shape index (κ1) is 13.8. The molecule has 0 unspecified atom stereocenters. The van der Waals surface area contributed by atoms with E-state index in [9.17, 15) is 9.59 Å². The number of amides is 2. The molecule has 2 aliphatic heterocycles. The number of imide groups is 1. The van der Waals surface area contributed by atoms with Gasteiger partial charge in [0, 0.05) is 19.5 Å². The minimum absolute atomic E-state index is 0.0104. The lowest BCUT2D eigenvalue weighted by molar-refractivity contribution is -0.129. The van der Waals surface area contributed by atoms with Gasteiger partial charge in [0.1, 0.15) is 11.5 Å². The quantitative estimate of drug-likeness (QED) is 0.531. The Morgan fingerprint density at radius 3 is 2.43 bits per heavy atom. The van der Waals surface area contributed by atoms with Crippen molar-refractivity contribution in [2.45, 2.75) is 19.3 Å². The third kappa shape index (κ3) is 2.43. The number of anilines is 2. The van der Waals surface area contributed by atoms with E-state index < -0.39 is 5.41 Å². The lowest BCUT2D eigenvalue weighted by atomic mass is 9.77. The van der Waals surface area contributed by atoms with E-state index in [1.165, 1.54) is 6.20 Å². The van der Waals surface area contributed by atoms with Crippen LogP contribution in [0.4, 0.5) is 11.5 Å². The van der Waals surface area contributed by atoms with Crippen molar-refractivity contribution in [1.82, 2.24) is 10.3 Å². The number of pyridine rings is 1. The highest BCUT2D eigenvalue weighted by atomic mass is 16.8. The van der Waals surface area contributed by atoms with Crippen LogP contribution >= 0.6 is 0 Å². The van der Waals surface area contributed by atoms with E-state index in [-0.39, 0.29) is 29.1 Å². The van der Waals surface area contributed by atoms with Crippen LogP contribution in [-0.4, -0.2) is 40.3 Å². The summed E-state index contributed by atoms with van der Waals surface area (Å²) in [7, 11) is 0. The van der Waals surface area contributed by atoms with Crippen molar-refractivity contribution in [2.24, 2.45) is 5.41 Å². The normalized spacial score (nSPS) is 20.8. The van der Waals surface area contributed by atoms with Crippen LogP contribution in [0.25, 0.3) is 0 Å². The van der Waals surface area contributed by atoms with Crippen molar-refractivity contribution in [3.63, 3.8) is 0 Å². The molecule has 3 heterocycles. The lowest BCUT2D eigenvalue weighted by Crippen LogP contribution is -2.44. The van der Waals surface area contributed by atoms with Gasteiger partial charge in [-0.15, -0.1) is 5.23 Å². The summed E-state index contributed by atoms with van der Waals surface area (Å²) < 4.78 is 0.